The molecule has 18 heavy (non-hydrogen) atoms. The van der Waals surface area contributed by atoms with Gasteiger partial charge in [-0.2, -0.15) is 4.98 Å². The molecule has 0 aliphatic carbocycles. The average Bonchev–Trinajstić information content (AvgIpc) is 2.39. The van der Waals surface area contributed by atoms with Gasteiger partial charge in [-0.15, -0.1) is 0 Å². The van der Waals surface area contributed by atoms with Gasteiger partial charge < -0.3 is 10.1 Å². The molecule has 1 aromatic carbocycles. The van der Waals surface area contributed by atoms with Gasteiger partial charge in [-0.05, 0) is 23.7 Å². The van der Waals surface area contributed by atoms with Gasteiger partial charge in [0, 0.05) is 11.9 Å². The lowest BCUT2D eigenvalue weighted by atomic mass is 10.2. The molecule has 0 radical (unpaired) electrons. The van der Waals surface area contributed by atoms with Crippen LogP contribution in [0.4, 0.5) is 5.69 Å². The van der Waals surface area contributed by atoms with Gasteiger partial charge in [-0.3, -0.25) is 4.79 Å². The Morgan fingerprint density at radius 1 is 1.33 bits per heavy atom. The fourth-order valence-corrected chi connectivity index (χ4v) is 1.50. The van der Waals surface area contributed by atoms with E-state index in [1.54, 1.807) is 12.1 Å². The maximum Gasteiger partial charge on any atom is 0.262 e. The minimum atomic E-state index is -0.352. The molecule has 2 rings (SSSR count). The lowest BCUT2D eigenvalue weighted by Crippen LogP contribution is -2.14. The first-order chi connectivity index (χ1) is 8.70. The van der Waals surface area contributed by atoms with E-state index < -0.39 is 0 Å². The van der Waals surface area contributed by atoms with E-state index in [1.165, 1.54) is 13.3 Å². The van der Waals surface area contributed by atoms with Crippen molar-refractivity contribution < 1.29 is 9.53 Å². The van der Waals surface area contributed by atoms with E-state index in [9.17, 15) is 4.79 Å². The molecule has 92 valence electrons. The van der Waals surface area contributed by atoms with E-state index in [-0.39, 0.29) is 22.6 Å². The number of anilines is 1. The van der Waals surface area contributed by atoms with Crippen LogP contribution in [-0.2, 0) is 0 Å². The largest absolute Gasteiger partial charge is 0.480 e. The molecule has 0 aliphatic heterocycles. The molecule has 1 amide bonds. The summed E-state index contributed by atoms with van der Waals surface area (Å²) < 4.78 is 4.99. The highest BCUT2D eigenvalue weighted by molar-refractivity contribution is 6.28. The van der Waals surface area contributed by atoms with Gasteiger partial charge in [0.25, 0.3) is 5.91 Å². The third-order valence-electron chi connectivity index (χ3n) is 2.19. The van der Waals surface area contributed by atoms with Crippen molar-refractivity contribution >= 4 is 23.2 Å². The summed E-state index contributed by atoms with van der Waals surface area (Å²) in [6.07, 6.45) is 1.33. The van der Waals surface area contributed by atoms with Crippen molar-refractivity contribution in [3.8, 4) is 5.88 Å². The molecule has 0 bridgehead atoms. The zero-order chi connectivity index (χ0) is 13.0. The van der Waals surface area contributed by atoms with Crippen molar-refractivity contribution in [3.05, 3.63) is 47.4 Å². The molecule has 1 N–H and O–H groups in total. The van der Waals surface area contributed by atoms with Crippen molar-refractivity contribution in [1.29, 1.82) is 0 Å². The molecular weight excluding hydrogens is 254 g/mol. The molecule has 0 saturated heterocycles. The van der Waals surface area contributed by atoms with Crippen molar-refractivity contribution in [1.82, 2.24) is 9.97 Å². The monoisotopic (exact) mass is 263 g/mol. The summed E-state index contributed by atoms with van der Waals surface area (Å²) in [5.74, 6) is -0.210. The number of aromatic nitrogens is 2. The number of benzene rings is 1. The summed E-state index contributed by atoms with van der Waals surface area (Å²) in [6, 6.07) is 9.07. The standard InChI is InChI=1S/C12H10ClN3O2/c1-18-11-9(7-14-12(13)16-11)10(17)15-8-5-3-2-4-6-8/h2-7H,1H3,(H,15,17). The number of nitrogens with one attached hydrogen (secondary N) is 1. The molecule has 1 aromatic heterocycles. The number of amides is 1. The lowest BCUT2D eigenvalue weighted by Gasteiger charge is -2.07. The van der Waals surface area contributed by atoms with Crippen LogP contribution in [-0.4, -0.2) is 23.0 Å². The van der Waals surface area contributed by atoms with Crippen LogP contribution in [0.15, 0.2) is 36.5 Å². The number of para-hydroxylation sites is 1. The van der Waals surface area contributed by atoms with E-state index >= 15 is 0 Å². The molecule has 0 aliphatic rings. The van der Waals surface area contributed by atoms with Gasteiger partial charge >= 0.3 is 0 Å². The topological polar surface area (TPSA) is 64.1 Å². The maximum absolute atomic E-state index is 12.0. The number of carbonyl (C=O) groups is 1. The number of ether oxygens (including phenoxy) is 1. The molecule has 2 aromatic rings. The normalized spacial score (nSPS) is 9.89. The zero-order valence-electron chi connectivity index (χ0n) is 9.55. The van der Waals surface area contributed by atoms with Gasteiger partial charge in [0.15, 0.2) is 0 Å². The van der Waals surface area contributed by atoms with E-state index in [0.29, 0.717) is 5.69 Å². The number of methoxy groups -OCH3 is 1. The highest BCUT2D eigenvalue weighted by Crippen LogP contribution is 2.18. The Bertz CT molecular complexity index is 561. The number of carbonyl (C=O) groups excluding carboxylic acids is 1. The zero-order valence-corrected chi connectivity index (χ0v) is 10.3. The van der Waals surface area contributed by atoms with Crippen LogP contribution in [0.2, 0.25) is 5.28 Å². The second-order valence-electron chi connectivity index (χ2n) is 3.38. The molecule has 0 saturated carbocycles. The number of nitrogens with zero attached hydrogens (tertiary/aromatic N) is 2. The highest BCUT2D eigenvalue weighted by Gasteiger charge is 2.15. The third-order valence-corrected chi connectivity index (χ3v) is 2.38. The van der Waals surface area contributed by atoms with Crippen molar-refractivity contribution in [2.45, 2.75) is 0 Å². The van der Waals surface area contributed by atoms with Gasteiger partial charge in [-0.25, -0.2) is 4.98 Å². The van der Waals surface area contributed by atoms with E-state index in [1.807, 2.05) is 18.2 Å². The molecular formula is C12H10ClN3O2. The second kappa shape index (κ2) is 5.46. The number of rotatable bonds is 3. The van der Waals surface area contributed by atoms with Crippen molar-refractivity contribution in [3.63, 3.8) is 0 Å². The summed E-state index contributed by atoms with van der Waals surface area (Å²) in [7, 11) is 1.41. The summed E-state index contributed by atoms with van der Waals surface area (Å²) in [5.41, 5.74) is 0.908. The Labute approximate surface area is 109 Å². The second-order valence-corrected chi connectivity index (χ2v) is 3.72. The summed E-state index contributed by atoms with van der Waals surface area (Å²) in [4.78, 5) is 19.6. The predicted octanol–water partition coefficient (Wildman–Crippen LogP) is 2.39. The fourth-order valence-electron chi connectivity index (χ4n) is 1.38. The lowest BCUT2D eigenvalue weighted by molar-refractivity contribution is 0.102. The van der Waals surface area contributed by atoms with Crippen LogP contribution in [0, 0.1) is 0 Å². The molecule has 0 atom stereocenters. The Balaban J connectivity index is 2.24. The van der Waals surface area contributed by atoms with Crippen LogP contribution in [0.1, 0.15) is 10.4 Å². The number of hydrogen-bond acceptors (Lipinski definition) is 4. The SMILES string of the molecule is COc1nc(Cl)ncc1C(=O)Nc1ccccc1. The fraction of sp³-hybridized carbons (Fsp3) is 0.0833. The first kappa shape index (κ1) is 12.3. The quantitative estimate of drug-likeness (QED) is 0.864. The minimum Gasteiger partial charge on any atom is -0.480 e. The summed E-state index contributed by atoms with van der Waals surface area (Å²) >= 11 is 5.63. The minimum absolute atomic E-state index is 0.0307. The van der Waals surface area contributed by atoms with Crippen LogP contribution in [0.5, 0.6) is 5.88 Å². The van der Waals surface area contributed by atoms with Crippen molar-refractivity contribution in [2.75, 3.05) is 12.4 Å². The summed E-state index contributed by atoms with van der Waals surface area (Å²) in [5, 5.41) is 2.74. The van der Waals surface area contributed by atoms with Crippen molar-refractivity contribution in [2.24, 2.45) is 0 Å². The van der Waals surface area contributed by atoms with Crippen LogP contribution in [0.3, 0.4) is 0 Å². The van der Waals surface area contributed by atoms with Crippen LogP contribution in [0.25, 0.3) is 0 Å². The van der Waals surface area contributed by atoms with Gasteiger partial charge in [0.1, 0.15) is 5.56 Å². The predicted molar refractivity (Wildman–Crippen MR) is 68.0 cm³/mol. The Morgan fingerprint density at radius 3 is 2.72 bits per heavy atom. The van der Waals surface area contributed by atoms with E-state index in [4.69, 9.17) is 16.3 Å². The highest BCUT2D eigenvalue weighted by atomic mass is 35.5. The van der Waals surface area contributed by atoms with Crippen LogP contribution < -0.4 is 10.1 Å². The first-order valence-corrected chi connectivity index (χ1v) is 5.51. The third kappa shape index (κ3) is 2.75. The Kier molecular flexibility index (Phi) is 3.74. The molecule has 5 nitrogen and oxygen atoms in total. The Hall–Kier alpha value is -2.14. The van der Waals surface area contributed by atoms with Gasteiger partial charge in [0.05, 0.1) is 7.11 Å². The van der Waals surface area contributed by atoms with Gasteiger partial charge in [0.2, 0.25) is 11.2 Å². The smallest absolute Gasteiger partial charge is 0.262 e. The molecule has 0 fully saturated rings. The summed E-state index contributed by atoms with van der Waals surface area (Å²) in [6.45, 7) is 0. The molecule has 6 heteroatoms. The molecule has 1 heterocycles. The molecule has 0 unspecified atom stereocenters. The first-order valence-electron chi connectivity index (χ1n) is 5.13. The average molecular weight is 264 g/mol. The number of hydrogen-bond donors (Lipinski definition) is 1. The van der Waals surface area contributed by atoms with Gasteiger partial charge in [-0.1, -0.05) is 18.2 Å². The number of halogens is 1. The molecule has 0 spiro atoms. The van der Waals surface area contributed by atoms with Crippen LogP contribution >= 0.6 is 11.6 Å². The van der Waals surface area contributed by atoms with E-state index in [0.717, 1.165) is 0 Å². The van der Waals surface area contributed by atoms with E-state index in [2.05, 4.69) is 15.3 Å². The maximum atomic E-state index is 12.0. The Morgan fingerprint density at radius 2 is 2.06 bits per heavy atom.